The summed E-state index contributed by atoms with van der Waals surface area (Å²) in [4.78, 5) is 18.3. The Morgan fingerprint density at radius 3 is 2.67 bits per heavy atom. The number of hydrogen-bond acceptors (Lipinski definition) is 2. The molecule has 1 amide bonds. The Balaban J connectivity index is 1.51. The first-order chi connectivity index (χ1) is 13.1. The molecule has 140 valence electrons. The van der Waals surface area contributed by atoms with Crippen LogP contribution in [-0.2, 0) is 6.54 Å². The fourth-order valence-electron chi connectivity index (χ4n) is 3.86. The molecule has 4 nitrogen and oxygen atoms in total. The molecule has 3 aromatic rings. The molecule has 0 atom stereocenters. The molecule has 5 heteroatoms. The van der Waals surface area contributed by atoms with Gasteiger partial charge in [0.15, 0.2) is 0 Å². The van der Waals surface area contributed by atoms with Crippen LogP contribution in [0.2, 0.25) is 5.02 Å². The van der Waals surface area contributed by atoms with Crippen molar-refractivity contribution in [2.75, 3.05) is 20.1 Å². The molecule has 1 saturated heterocycles. The summed E-state index contributed by atoms with van der Waals surface area (Å²) < 4.78 is 0. The lowest BCUT2D eigenvalue weighted by atomic mass is 9.87. The molecule has 0 radical (unpaired) electrons. The van der Waals surface area contributed by atoms with Gasteiger partial charge in [0.25, 0.3) is 5.91 Å². The van der Waals surface area contributed by atoms with Gasteiger partial charge < -0.3 is 15.2 Å². The van der Waals surface area contributed by atoms with E-state index in [0.29, 0.717) is 23.2 Å². The first-order valence-electron chi connectivity index (χ1n) is 9.43. The van der Waals surface area contributed by atoms with Crippen molar-refractivity contribution < 1.29 is 4.79 Å². The topological polar surface area (TPSA) is 48.1 Å². The quantitative estimate of drug-likeness (QED) is 0.695. The van der Waals surface area contributed by atoms with Crippen LogP contribution in [-0.4, -0.2) is 35.9 Å². The number of fused-ring (bicyclic) bond motifs is 1. The van der Waals surface area contributed by atoms with Gasteiger partial charge in [-0.2, -0.15) is 0 Å². The molecule has 0 aliphatic carbocycles. The highest BCUT2D eigenvalue weighted by atomic mass is 35.5. The van der Waals surface area contributed by atoms with E-state index < -0.39 is 0 Å². The highest BCUT2D eigenvalue weighted by Gasteiger charge is 2.21. The van der Waals surface area contributed by atoms with Gasteiger partial charge in [-0.15, -0.1) is 0 Å². The Labute approximate surface area is 164 Å². The van der Waals surface area contributed by atoms with Crippen molar-refractivity contribution >= 4 is 28.4 Å². The molecule has 1 aliphatic heterocycles. The van der Waals surface area contributed by atoms with E-state index in [9.17, 15) is 4.79 Å². The molecular weight excluding hydrogens is 358 g/mol. The molecule has 1 aliphatic rings. The van der Waals surface area contributed by atoms with Crippen LogP contribution in [0.5, 0.6) is 0 Å². The van der Waals surface area contributed by atoms with Gasteiger partial charge in [-0.3, -0.25) is 4.79 Å². The number of aromatic nitrogens is 1. The number of hydrogen-bond donors (Lipinski definition) is 2. The van der Waals surface area contributed by atoms with Crippen molar-refractivity contribution in [2.45, 2.75) is 25.3 Å². The molecule has 2 N–H and O–H groups in total. The summed E-state index contributed by atoms with van der Waals surface area (Å²) in [7, 11) is 2.18. The standard InChI is InChI=1S/C22H24ClN3O/c1-26-11-9-16(10-12-26)18-3-2-4-20-19(18)13-21(25-20)22(27)24-14-15-5-7-17(23)8-6-15/h2-8,13,16,25H,9-12,14H2,1H3,(H,24,27). The van der Waals surface area contributed by atoms with Gasteiger partial charge in [-0.25, -0.2) is 0 Å². The number of carbonyl (C=O) groups excluding carboxylic acids is 1. The smallest absolute Gasteiger partial charge is 0.267 e. The monoisotopic (exact) mass is 381 g/mol. The van der Waals surface area contributed by atoms with Crippen LogP contribution in [0.25, 0.3) is 10.9 Å². The second-order valence-corrected chi connectivity index (χ2v) is 7.81. The highest BCUT2D eigenvalue weighted by Crippen LogP contribution is 2.33. The van der Waals surface area contributed by atoms with E-state index >= 15 is 0 Å². The maximum absolute atomic E-state index is 12.6. The van der Waals surface area contributed by atoms with Crippen LogP contribution >= 0.6 is 11.6 Å². The predicted molar refractivity (Wildman–Crippen MR) is 110 cm³/mol. The van der Waals surface area contributed by atoms with Crippen LogP contribution in [0, 0.1) is 0 Å². The van der Waals surface area contributed by atoms with Crippen LogP contribution in [0.4, 0.5) is 0 Å². The summed E-state index contributed by atoms with van der Waals surface area (Å²) >= 11 is 5.91. The SMILES string of the molecule is CN1CCC(c2cccc3[nH]c(C(=O)NCc4ccc(Cl)cc4)cc23)CC1. The van der Waals surface area contributed by atoms with Crippen LogP contribution < -0.4 is 5.32 Å². The Kier molecular flexibility index (Phi) is 5.19. The number of aromatic amines is 1. The molecule has 0 unspecified atom stereocenters. The van der Waals surface area contributed by atoms with E-state index in [-0.39, 0.29) is 5.91 Å². The average molecular weight is 382 g/mol. The summed E-state index contributed by atoms with van der Waals surface area (Å²) in [6.07, 6.45) is 2.33. The number of benzene rings is 2. The molecule has 0 saturated carbocycles. The Bertz CT molecular complexity index is 940. The molecule has 0 bridgehead atoms. The molecule has 1 aromatic heterocycles. The van der Waals surface area contributed by atoms with Crippen LogP contribution in [0.15, 0.2) is 48.5 Å². The van der Waals surface area contributed by atoms with E-state index in [1.807, 2.05) is 36.4 Å². The number of rotatable bonds is 4. The van der Waals surface area contributed by atoms with E-state index in [1.54, 1.807) is 0 Å². The second kappa shape index (κ2) is 7.75. The van der Waals surface area contributed by atoms with Gasteiger partial charge in [-0.05, 0) is 74.3 Å². The van der Waals surface area contributed by atoms with E-state index in [4.69, 9.17) is 11.6 Å². The first kappa shape index (κ1) is 18.1. The third-order valence-corrected chi connectivity index (χ3v) is 5.72. The molecule has 4 rings (SSSR count). The zero-order chi connectivity index (χ0) is 18.8. The fraction of sp³-hybridized carbons (Fsp3) is 0.318. The zero-order valence-electron chi connectivity index (χ0n) is 15.5. The minimum absolute atomic E-state index is 0.0875. The number of H-pyrrole nitrogens is 1. The van der Waals surface area contributed by atoms with Gasteiger partial charge in [0.1, 0.15) is 5.69 Å². The molecule has 0 spiro atoms. The summed E-state index contributed by atoms with van der Waals surface area (Å²) in [5, 5.41) is 4.85. The highest BCUT2D eigenvalue weighted by molar-refractivity contribution is 6.30. The summed E-state index contributed by atoms with van der Waals surface area (Å²) in [5.41, 5.74) is 4.02. The third-order valence-electron chi connectivity index (χ3n) is 5.47. The van der Waals surface area contributed by atoms with Crippen molar-refractivity contribution in [1.29, 1.82) is 0 Å². The maximum atomic E-state index is 12.6. The Morgan fingerprint density at radius 2 is 1.93 bits per heavy atom. The number of carbonyl (C=O) groups is 1. The van der Waals surface area contributed by atoms with Crippen LogP contribution in [0.1, 0.15) is 40.4 Å². The van der Waals surface area contributed by atoms with Crippen molar-refractivity contribution in [2.24, 2.45) is 0 Å². The molecule has 27 heavy (non-hydrogen) atoms. The largest absolute Gasteiger partial charge is 0.351 e. The van der Waals surface area contributed by atoms with Gasteiger partial charge in [0, 0.05) is 22.5 Å². The average Bonchev–Trinajstić information content (AvgIpc) is 3.12. The zero-order valence-corrected chi connectivity index (χ0v) is 16.2. The second-order valence-electron chi connectivity index (χ2n) is 7.38. The Hall–Kier alpha value is -2.30. The Morgan fingerprint density at radius 1 is 1.19 bits per heavy atom. The number of nitrogens with zero attached hydrogens (tertiary/aromatic N) is 1. The van der Waals surface area contributed by atoms with E-state index in [1.165, 1.54) is 23.8 Å². The van der Waals surface area contributed by atoms with Crippen molar-refractivity contribution in [1.82, 2.24) is 15.2 Å². The number of likely N-dealkylation sites (tertiary alicyclic amines) is 1. The lowest BCUT2D eigenvalue weighted by molar-refractivity contribution is 0.0947. The first-order valence-corrected chi connectivity index (χ1v) is 9.81. The van der Waals surface area contributed by atoms with E-state index in [0.717, 1.165) is 24.2 Å². The number of amides is 1. The van der Waals surface area contributed by atoms with Gasteiger partial charge >= 0.3 is 0 Å². The lowest BCUT2D eigenvalue weighted by Gasteiger charge is -2.29. The molecule has 2 heterocycles. The third kappa shape index (κ3) is 4.02. The summed E-state index contributed by atoms with van der Waals surface area (Å²) in [5.74, 6) is 0.473. The minimum atomic E-state index is -0.0875. The lowest BCUT2D eigenvalue weighted by Crippen LogP contribution is -2.29. The minimum Gasteiger partial charge on any atom is -0.351 e. The van der Waals surface area contributed by atoms with Crippen molar-refractivity contribution in [3.8, 4) is 0 Å². The predicted octanol–water partition coefficient (Wildman–Crippen LogP) is 4.56. The molecule has 1 fully saturated rings. The van der Waals surface area contributed by atoms with Crippen LogP contribution in [0.3, 0.4) is 0 Å². The molecular formula is C22H24ClN3O. The molecule has 2 aromatic carbocycles. The van der Waals surface area contributed by atoms with Crippen molar-refractivity contribution in [3.63, 3.8) is 0 Å². The van der Waals surface area contributed by atoms with Crippen molar-refractivity contribution in [3.05, 3.63) is 70.4 Å². The number of piperidine rings is 1. The van der Waals surface area contributed by atoms with Gasteiger partial charge in [-0.1, -0.05) is 35.9 Å². The number of halogens is 1. The normalized spacial score (nSPS) is 15.9. The van der Waals surface area contributed by atoms with Gasteiger partial charge in [0.2, 0.25) is 0 Å². The fourth-order valence-corrected chi connectivity index (χ4v) is 3.98. The number of nitrogens with one attached hydrogen (secondary N) is 2. The summed E-state index contributed by atoms with van der Waals surface area (Å²) in [6.45, 7) is 2.73. The van der Waals surface area contributed by atoms with E-state index in [2.05, 4.69) is 34.4 Å². The van der Waals surface area contributed by atoms with Gasteiger partial charge in [0.05, 0.1) is 0 Å². The maximum Gasteiger partial charge on any atom is 0.267 e. The summed E-state index contributed by atoms with van der Waals surface area (Å²) in [6, 6.07) is 15.9.